The summed E-state index contributed by atoms with van der Waals surface area (Å²) in [6.45, 7) is 4.44. The van der Waals surface area contributed by atoms with Crippen LogP contribution in [-0.2, 0) is 0 Å². The van der Waals surface area contributed by atoms with Crippen LogP contribution in [0.1, 0.15) is 12.8 Å². The van der Waals surface area contributed by atoms with Crippen molar-refractivity contribution in [2.24, 2.45) is 10.9 Å². The van der Waals surface area contributed by atoms with E-state index >= 15 is 0 Å². The van der Waals surface area contributed by atoms with E-state index in [1.165, 1.54) is 25.2 Å². The molecule has 0 amide bonds. The van der Waals surface area contributed by atoms with E-state index in [4.69, 9.17) is 0 Å². The average molecular weight is 167 g/mol. The van der Waals surface area contributed by atoms with E-state index in [0.717, 1.165) is 19.6 Å². The summed E-state index contributed by atoms with van der Waals surface area (Å²) < 4.78 is 0. The Morgan fingerprint density at radius 2 is 2.50 bits per heavy atom. The van der Waals surface area contributed by atoms with Gasteiger partial charge in [0.1, 0.15) is 5.84 Å². The number of nitrogens with zero attached hydrogens (tertiary/aromatic N) is 2. The van der Waals surface area contributed by atoms with Crippen molar-refractivity contribution in [2.75, 3.05) is 33.2 Å². The summed E-state index contributed by atoms with van der Waals surface area (Å²) in [5, 5.41) is 3.42. The van der Waals surface area contributed by atoms with Crippen LogP contribution in [0.25, 0.3) is 0 Å². The van der Waals surface area contributed by atoms with E-state index in [1.54, 1.807) is 0 Å². The molecule has 0 aromatic carbocycles. The molecule has 1 atom stereocenters. The molecule has 0 spiro atoms. The molecule has 0 aliphatic carbocycles. The molecule has 1 unspecified atom stereocenters. The molecule has 2 aliphatic rings. The lowest BCUT2D eigenvalue weighted by Gasteiger charge is -2.26. The van der Waals surface area contributed by atoms with Crippen LogP contribution in [0.5, 0.6) is 0 Å². The van der Waals surface area contributed by atoms with Gasteiger partial charge in [-0.05, 0) is 19.4 Å². The lowest BCUT2D eigenvalue weighted by molar-refractivity contribution is 0.421. The van der Waals surface area contributed by atoms with Gasteiger partial charge in [-0.25, -0.2) is 0 Å². The van der Waals surface area contributed by atoms with Gasteiger partial charge in [-0.15, -0.1) is 0 Å². The number of piperidine rings is 1. The Morgan fingerprint density at radius 1 is 1.58 bits per heavy atom. The van der Waals surface area contributed by atoms with Gasteiger partial charge < -0.3 is 10.2 Å². The van der Waals surface area contributed by atoms with Gasteiger partial charge in [0.05, 0.1) is 6.54 Å². The Morgan fingerprint density at radius 3 is 3.08 bits per heavy atom. The molecule has 1 fully saturated rings. The summed E-state index contributed by atoms with van der Waals surface area (Å²) in [5.41, 5.74) is 0. The van der Waals surface area contributed by atoms with Crippen molar-refractivity contribution in [1.29, 1.82) is 0 Å². The van der Waals surface area contributed by atoms with E-state index in [-0.39, 0.29) is 0 Å². The molecule has 2 rings (SSSR count). The normalized spacial score (nSPS) is 30.6. The number of amidine groups is 1. The van der Waals surface area contributed by atoms with E-state index in [2.05, 4.69) is 22.3 Å². The molecule has 3 nitrogen and oxygen atoms in total. The molecule has 12 heavy (non-hydrogen) atoms. The SMILES string of the molecule is CN1CCN=C1C1CCCNC1. The second kappa shape index (κ2) is 3.44. The Kier molecular flexibility index (Phi) is 2.30. The summed E-state index contributed by atoms with van der Waals surface area (Å²) in [6.07, 6.45) is 2.62. The highest BCUT2D eigenvalue weighted by atomic mass is 15.2. The monoisotopic (exact) mass is 167 g/mol. The van der Waals surface area contributed by atoms with E-state index in [9.17, 15) is 0 Å². The quantitative estimate of drug-likeness (QED) is 0.609. The Bertz CT molecular complexity index is 182. The van der Waals surface area contributed by atoms with Crippen molar-refractivity contribution in [3.63, 3.8) is 0 Å². The third-order valence-corrected chi connectivity index (χ3v) is 2.76. The minimum Gasteiger partial charge on any atom is -0.361 e. The van der Waals surface area contributed by atoms with Gasteiger partial charge in [0.2, 0.25) is 0 Å². The molecule has 2 heterocycles. The topological polar surface area (TPSA) is 27.6 Å². The second-order valence-corrected chi connectivity index (χ2v) is 3.70. The van der Waals surface area contributed by atoms with Crippen LogP contribution in [-0.4, -0.2) is 44.0 Å². The van der Waals surface area contributed by atoms with Gasteiger partial charge in [0, 0.05) is 26.1 Å². The van der Waals surface area contributed by atoms with Crippen LogP contribution in [0, 0.1) is 5.92 Å². The summed E-state index contributed by atoms with van der Waals surface area (Å²) in [7, 11) is 2.15. The number of nitrogens with one attached hydrogen (secondary N) is 1. The second-order valence-electron chi connectivity index (χ2n) is 3.70. The third kappa shape index (κ3) is 1.46. The lowest BCUT2D eigenvalue weighted by Crippen LogP contribution is -2.39. The first kappa shape index (κ1) is 8.05. The minimum atomic E-state index is 0.686. The van der Waals surface area contributed by atoms with Crippen molar-refractivity contribution in [3.05, 3.63) is 0 Å². The molecule has 1 N–H and O–H groups in total. The number of aliphatic imine (C=N–C) groups is 1. The van der Waals surface area contributed by atoms with Gasteiger partial charge in [0.25, 0.3) is 0 Å². The highest BCUT2D eigenvalue weighted by Gasteiger charge is 2.24. The summed E-state index contributed by atoms with van der Waals surface area (Å²) in [5.74, 6) is 2.02. The molecule has 0 aromatic rings. The zero-order valence-electron chi connectivity index (χ0n) is 7.71. The Hall–Kier alpha value is -0.570. The largest absolute Gasteiger partial charge is 0.361 e. The average Bonchev–Trinajstić information content (AvgIpc) is 2.53. The molecule has 0 bridgehead atoms. The summed E-state index contributed by atoms with van der Waals surface area (Å²) >= 11 is 0. The first-order valence-electron chi connectivity index (χ1n) is 4.84. The van der Waals surface area contributed by atoms with Crippen LogP contribution in [0.3, 0.4) is 0 Å². The number of rotatable bonds is 1. The van der Waals surface area contributed by atoms with Gasteiger partial charge in [-0.2, -0.15) is 0 Å². The minimum absolute atomic E-state index is 0.686. The molecule has 2 aliphatic heterocycles. The van der Waals surface area contributed by atoms with E-state index < -0.39 is 0 Å². The first-order chi connectivity index (χ1) is 5.88. The van der Waals surface area contributed by atoms with E-state index in [1.807, 2.05) is 0 Å². The molecule has 1 saturated heterocycles. The standard InChI is InChI=1S/C9H17N3/c1-12-6-5-11-9(12)8-3-2-4-10-7-8/h8,10H,2-7H2,1H3. The van der Waals surface area contributed by atoms with Crippen LogP contribution in [0.2, 0.25) is 0 Å². The zero-order chi connectivity index (χ0) is 8.39. The molecule has 68 valence electrons. The fraction of sp³-hybridized carbons (Fsp3) is 0.889. The van der Waals surface area contributed by atoms with Crippen LogP contribution in [0.15, 0.2) is 4.99 Å². The third-order valence-electron chi connectivity index (χ3n) is 2.76. The zero-order valence-corrected chi connectivity index (χ0v) is 7.71. The Labute approximate surface area is 73.9 Å². The lowest BCUT2D eigenvalue weighted by atomic mass is 9.98. The highest BCUT2D eigenvalue weighted by Crippen LogP contribution is 2.16. The smallest absolute Gasteiger partial charge is 0.103 e. The molecule has 3 heteroatoms. The number of likely N-dealkylation sites (N-methyl/N-ethyl adjacent to an activating group) is 1. The maximum Gasteiger partial charge on any atom is 0.103 e. The summed E-state index contributed by atoms with van der Waals surface area (Å²) in [4.78, 5) is 6.85. The van der Waals surface area contributed by atoms with Crippen molar-refractivity contribution >= 4 is 5.84 Å². The van der Waals surface area contributed by atoms with Crippen molar-refractivity contribution in [2.45, 2.75) is 12.8 Å². The van der Waals surface area contributed by atoms with Gasteiger partial charge in [0.15, 0.2) is 0 Å². The van der Waals surface area contributed by atoms with Crippen LogP contribution >= 0.6 is 0 Å². The maximum atomic E-state index is 4.54. The summed E-state index contributed by atoms with van der Waals surface area (Å²) in [6, 6.07) is 0. The predicted molar refractivity (Wildman–Crippen MR) is 50.5 cm³/mol. The number of hydrogen-bond acceptors (Lipinski definition) is 3. The molecular weight excluding hydrogens is 150 g/mol. The van der Waals surface area contributed by atoms with Crippen molar-refractivity contribution in [3.8, 4) is 0 Å². The maximum absolute atomic E-state index is 4.54. The van der Waals surface area contributed by atoms with Crippen molar-refractivity contribution < 1.29 is 0 Å². The van der Waals surface area contributed by atoms with Crippen molar-refractivity contribution in [1.82, 2.24) is 10.2 Å². The van der Waals surface area contributed by atoms with E-state index in [0.29, 0.717) is 5.92 Å². The molecular formula is C9H17N3. The van der Waals surface area contributed by atoms with Gasteiger partial charge >= 0.3 is 0 Å². The molecule has 0 aromatic heterocycles. The van der Waals surface area contributed by atoms with Crippen LogP contribution in [0.4, 0.5) is 0 Å². The fourth-order valence-electron chi connectivity index (χ4n) is 2.06. The van der Waals surface area contributed by atoms with Gasteiger partial charge in [-0.1, -0.05) is 0 Å². The first-order valence-corrected chi connectivity index (χ1v) is 4.84. The van der Waals surface area contributed by atoms with Crippen LogP contribution < -0.4 is 5.32 Å². The number of hydrogen-bond donors (Lipinski definition) is 1. The molecule has 0 radical (unpaired) electrons. The fourth-order valence-corrected chi connectivity index (χ4v) is 2.06. The highest BCUT2D eigenvalue weighted by molar-refractivity contribution is 5.86. The predicted octanol–water partition coefficient (Wildman–Crippen LogP) is 0.330. The van der Waals surface area contributed by atoms with Gasteiger partial charge in [-0.3, -0.25) is 4.99 Å². The molecule has 0 saturated carbocycles. The Balaban J connectivity index is 1.97.